The van der Waals surface area contributed by atoms with Crippen LogP contribution in [0.5, 0.6) is 0 Å². The van der Waals surface area contributed by atoms with Crippen molar-refractivity contribution in [3.63, 3.8) is 0 Å². The molecule has 0 aliphatic heterocycles. The Morgan fingerprint density at radius 2 is 1.08 bits per heavy atom. The summed E-state index contributed by atoms with van der Waals surface area (Å²) in [6, 6.07) is 55.6. The quantitative estimate of drug-likeness (QED) is 0.107. The van der Waals surface area contributed by atoms with Gasteiger partial charge in [-0.25, -0.2) is 4.98 Å². The zero-order valence-electron chi connectivity index (χ0n) is 32.8. The molecule has 0 aliphatic rings. The van der Waals surface area contributed by atoms with Gasteiger partial charge >= 0.3 is 0 Å². The van der Waals surface area contributed by atoms with Gasteiger partial charge in [-0.05, 0) is 89.5 Å². The van der Waals surface area contributed by atoms with E-state index in [1.165, 1.54) is 78.3 Å². The average molecular weight is 794 g/mol. The van der Waals surface area contributed by atoms with Crippen molar-refractivity contribution in [1.82, 2.24) is 4.98 Å². The van der Waals surface area contributed by atoms with Gasteiger partial charge in [0, 0.05) is 53.6 Å². The molecule has 0 amide bonds. The third-order valence-corrected chi connectivity index (χ3v) is 13.9. The topological polar surface area (TPSA) is 19.4 Å². The van der Waals surface area contributed by atoms with Crippen molar-refractivity contribution in [2.45, 2.75) is 20.3 Å². The normalized spacial score (nSPS) is 12.6. The van der Waals surface area contributed by atoms with Gasteiger partial charge in [0.25, 0.3) is 0 Å². The van der Waals surface area contributed by atoms with Crippen LogP contribution in [0.25, 0.3) is 72.7 Å². The molecule has 11 aromatic rings. The molecule has 11 rings (SSSR count). The molecule has 8 aromatic carbocycles. The average Bonchev–Trinajstić information content (AvgIpc) is 3.86. The van der Waals surface area contributed by atoms with Crippen LogP contribution in [-0.4, -0.2) is 4.98 Å². The second-order valence-corrected chi connectivity index (χ2v) is 17.1. The fraction of sp³-hybridized carbons (Fsp3) is 0.0556. The molecule has 3 nitrogen and oxygen atoms in total. The smallest absolute Gasteiger partial charge is 0.137 e. The molecule has 0 saturated heterocycles. The Morgan fingerprint density at radius 3 is 1.75 bits per heavy atom. The van der Waals surface area contributed by atoms with Gasteiger partial charge in [-0.3, -0.25) is 4.90 Å². The molecule has 0 atom stereocenters. The minimum Gasteiger partial charge on any atom is -0.312 e. The van der Waals surface area contributed by atoms with E-state index >= 15 is 0 Å². The van der Waals surface area contributed by atoms with Crippen LogP contribution in [0, 0.1) is 0 Å². The molecule has 3 heterocycles. The molecular formula is C54H39N3S2. The molecule has 5 heteroatoms. The van der Waals surface area contributed by atoms with Crippen LogP contribution in [0.2, 0.25) is 0 Å². The van der Waals surface area contributed by atoms with Crippen molar-refractivity contribution >= 4 is 124 Å². The Bertz CT molecular complexity index is 3460. The number of hydrogen-bond acceptors (Lipinski definition) is 5. The van der Waals surface area contributed by atoms with Crippen molar-refractivity contribution in [3.05, 3.63) is 194 Å². The summed E-state index contributed by atoms with van der Waals surface area (Å²) in [4.78, 5) is 9.82. The van der Waals surface area contributed by atoms with Gasteiger partial charge in [0.2, 0.25) is 0 Å². The number of hydrogen-bond donors (Lipinski definition) is 0. The molecule has 0 fully saturated rings. The maximum absolute atomic E-state index is 4.98. The number of benzene rings is 8. The highest BCUT2D eigenvalue weighted by molar-refractivity contribution is 7.26. The molecule has 0 unspecified atom stereocenters. The first-order chi connectivity index (χ1) is 29.2. The fourth-order valence-corrected chi connectivity index (χ4v) is 11.3. The zero-order valence-corrected chi connectivity index (χ0v) is 34.4. The maximum Gasteiger partial charge on any atom is 0.137 e. The Kier molecular flexibility index (Phi) is 8.72. The number of aromatic nitrogens is 1. The number of allylic oxidation sites excluding steroid dienone is 6. The number of pyridine rings is 1. The van der Waals surface area contributed by atoms with Crippen LogP contribution < -0.4 is 9.80 Å². The Balaban J connectivity index is 1.17. The van der Waals surface area contributed by atoms with Crippen LogP contribution in [0.1, 0.15) is 20.3 Å². The molecule has 0 aliphatic carbocycles. The highest BCUT2D eigenvalue weighted by atomic mass is 32.1. The van der Waals surface area contributed by atoms with E-state index < -0.39 is 0 Å². The van der Waals surface area contributed by atoms with Gasteiger partial charge in [-0.2, -0.15) is 0 Å². The lowest BCUT2D eigenvalue weighted by Crippen LogP contribution is -2.15. The van der Waals surface area contributed by atoms with Gasteiger partial charge in [-0.1, -0.05) is 134 Å². The predicted molar refractivity (Wildman–Crippen MR) is 259 cm³/mol. The number of fused-ring (bicyclic) bond motifs is 6. The van der Waals surface area contributed by atoms with Gasteiger partial charge in [-0.15, -0.1) is 22.7 Å². The fourth-order valence-electron chi connectivity index (χ4n) is 8.90. The van der Waals surface area contributed by atoms with Gasteiger partial charge < -0.3 is 4.90 Å². The second kappa shape index (κ2) is 14.5. The van der Waals surface area contributed by atoms with E-state index in [-0.39, 0.29) is 0 Å². The Hall–Kier alpha value is -6.79. The lowest BCUT2D eigenvalue weighted by Gasteiger charge is -2.29. The van der Waals surface area contributed by atoms with Gasteiger partial charge in [0.1, 0.15) is 5.82 Å². The van der Waals surface area contributed by atoms with Crippen molar-refractivity contribution in [2.24, 2.45) is 0 Å². The van der Waals surface area contributed by atoms with Gasteiger partial charge in [0.05, 0.1) is 32.1 Å². The summed E-state index contributed by atoms with van der Waals surface area (Å²) < 4.78 is 5.12. The number of nitrogens with zero attached hydrogens (tertiary/aromatic N) is 3. The third kappa shape index (κ3) is 5.80. The number of thiophene rings is 2. The van der Waals surface area contributed by atoms with Crippen LogP contribution in [0.3, 0.4) is 0 Å². The van der Waals surface area contributed by atoms with E-state index in [4.69, 9.17) is 4.98 Å². The van der Waals surface area contributed by atoms with Crippen LogP contribution in [0.4, 0.5) is 28.6 Å². The first-order valence-electron chi connectivity index (χ1n) is 20.2. The first kappa shape index (κ1) is 35.4. The van der Waals surface area contributed by atoms with Crippen LogP contribution in [-0.2, 0) is 0 Å². The Morgan fingerprint density at radius 1 is 0.508 bits per heavy atom. The third-order valence-electron chi connectivity index (χ3n) is 11.5. The van der Waals surface area contributed by atoms with E-state index in [2.05, 4.69) is 200 Å². The van der Waals surface area contributed by atoms with Gasteiger partial charge in [0.15, 0.2) is 0 Å². The van der Waals surface area contributed by atoms with E-state index in [9.17, 15) is 0 Å². The summed E-state index contributed by atoms with van der Waals surface area (Å²) >= 11 is 3.72. The summed E-state index contributed by atoms with van der Waals surface area (Å²) in [5, 5.41) is 12.5. The molecule has 3 aromatic heterocycles. The molecular weight excluding hydrogens is 755 g/mol. The molecule has 0 bridgehead atoms. The monoisotopic (exact) mass is 793 g/mol. The van der Waals surface area contributed by atoms with Crippen molar-refractivity contribution in [1.29, 1.82) is 0 Å². The lowest BCUT2D eigenvalue weighted by atomic mass is 9.91. The lowest BCUT2D eigenvalue weighted by molar-refractivity contribution is 1.18. The molecule has 0 saturated carbocycles. The minimum atomic E-state index is 0.887. The second-order valence-electron chi connectivity index (χ2n) is 15.0. The molecule has 0 radical (unpaired) electrons. The zero-order chi connectivity index (χ0) is 39.5. The highest BCUT2D eigenvalue weighted by Gasteiger charge is 2.24. The summed E-state index contributed by atoms with van der Waals surface area (Å²) in [7, 11) is 0. The SMILES string of the molecule is CC/C=C/C=C\C=C(/C)N(c1ccc2ccc3c(N(c4ccccn4)c4cccc5c4sc4ccccc45)ccc4ccc1c2c43)c1cccc2c1sc1ccccc12. The highest BCUT2D eigenvalue weighted by Crippen LogP contribution is 2.50. The summed E-state index contributed by atoms with van der Waals surface area (Å²) in [6.07, 6.45) is 13.7. The molecule has 282 valence electrons. The predicted octanol–water partition coefficient (Wildman–Crippen LogP) is 16.7. The standard InChI is InChI=1S/C54H39N3S2/c1-3-4-5-6-7-16-35(2)56(46-21-14-19-40-38-17-8-10-23-48(38)58-53(40)46)44-32-28-36-27-31-43-45(33-29-37-26-30-42(44)51(36)52(37)43)57(50-25-12-13-34-55-50)47-22-15-20-41-39-18-9-11-24-49(39)59-54(41)47/h4-34H,3H2,1-2H3/b5-4+,7-6-,35-16+. The summed E-state index contributed by atoms with van der Waals surface area (Å²) in [6.45, 7) is 4.40. The van der Waals surface area contributed by atoms with Crippen molar-refractivity contribution in [2.75, 3.05) is 9.80 Å². The van der Waals surface area contributed by atoms with Crippen LogP contribution in [0.15, 0.2) is 194 Å². The van der Waals surface area contributed by atoms with Crippen molar-refractivity contribution in [3.8, 4) is 0 Å². The van der Waals surface area contributed by atoms with E-state index in [1.54, 1.807) is 0 Å². The largest absolute Gasteiger partial charge is 0.312 e. The van der Waals surface area contributed by atoms with Crippen molar-refractivity contribution < 1.29 is 0 Å². The van der Waals surface area contributed by atoms with Crippen LogP contribution >= 0.6 is 22.7 Å². The minimum absolute atomic E-state index is 0.887. The molecule has 0 N–H and O–H groups in total. The molecule has 59 heavy (non-hydrogen) atoms. The number of rotatable bonds is 9. The summed E-state index contributed by atoms with van der Waals surface area (Å²) in [5.41, 5.74) is 5.72. The van der Waals surface area contributed by atoms with E-state index in [1.807, 2.05) is 34.9 Å². The van der Waals surface area contributed by atoms with E-state index in [0.29, 0.717) is 0 Å². The molecule has 0 spiro atoms. The summed E-state index contributed by atoms with van der Waals surface area (Å²) in [5.74, 6) is 0.887. The maximum atomic E-state index is 4.98. The Labute approximate surface area is 351 Å². The number of anilines is 5. The van der Waals surface area contributed by atoms with E-state index in [0.717, 1.165) is 35.0 Å². The first-order valence-corrected chi connectivity index (χ1v) is 21.8.